The van der Waals surface area contributed by atoms with E-state index in [9.17, 15) is 0 Å². The lowest BCUT2D eigenvalue weighted by atomic mass is 10.0. The summed E-state index contributed by atoms with van der Waals surface area (Å²) >= 11 is 9.98. The number of halogens is 2. The van der Waals surface area contributed by atoms with Gasteiger partial charge in [-0.05, 0) is 55.7 Å². The molecule has 1 nitrogen and oxygen atoms in total. The smallest absolute Gasteiger partial charge is 0.119 e. The topological polar surface area (TPSA) is 9.23 Å². The summed E-state index contributed by atoms with van der Waals surface area (Å²) in [5.41, 5.74) is 2.34. The molecular weight excluding hydrogens is 336 g/mol. The van der Waals surface area contributed by atoms with E-state index in [1.807, 2.05) is 50.2 Å². The summed E-state index contributed by atoms with van der Waals surface area (Å²) in [7, 11) is 0. The van der Waals surface area contributed by atoms with Gasteiger partial charge in [-0.15, -0.1) is 11.6 Å². The normalized spacial score (nSPS) is 12.4. The molecule has 20 heavy (non-hydrogen) atoms. The molecular formula is C17H18BrClO. The molecule has 0 fully saturated rings. The SMILES string of the molecule is CC(C)Oc1ccc(C(Cl)Cc2cccc(Br)c2)cc1. The highest BCUT2D eigenvalue weighted by molar-refractivity contribution is 9.10. The zero-order valence-electron chi connectivity index (χ0n) is 11.6. The highest BCUT2D eigenvalue weighted by atomic mass is 79.9. The summed E-state index contributed by atoms with van der Waals surface area (Å²) in [6.45, 7) is 4.04. The number of hydrogen-bond acceptors (Lipinski definition) is 1. The van der Waals surface area contributed by atoms with Crippen molar-refractivity contribution in [3.8, 4) is 5.75 Å². The molecule has 0 amide bonds. The first kappa shape index (κ1) is 15.4. The maximum Gasteiger partial charge on any atom is 0.119 e. The highest BCUT2D eigenvalue weighted by Crippen LogP contribution is 2.27. The van der Waals surface area contributed by atoms with E-state index in [0.717, 1.165) is 22.2 Å². The van der Waals surface area contributed by atoms with Crippen LogP contribution >= 0.6 is 27.5 Å². The van der Waals surface area contributed by atoms with E-state index >= 15 is 0 Å². The van der Waals surface area contributed by atoms with E-state index in [4.69, 9.17) is 16.3 Å². The lowest BCUT2D eigenvalue weighted by Crippen LogP contribution is -2.05. The molecule has 0 aromatic heterocycles. The molecule has 0 aliphatic heterocycles. The van der Waals surface area contributed by atoms with Crippen LogP contribution in [0.5, 0.6) is 5.75 Å². The number of benzene rings is 2. The van der Waals surface area contributed by atoms with Crippen LogP contribution in [-0.4, -0.2) is 6.10 Å². The maximum absolute atomic E-state index is 6.50. The second kappa shape index (κ2) is 7.14. The van der Waals surface area contributed by atoms with Crippen LogP contribution in [0.1, 0.15) is 30.4 Å². The van der Waals surface area contributed by atoms with Gasteiger partial charge < -0.3 is 4.74 Å². The Morgan fingerprint density at radius 1 is 1.10 bits per heavy atom. The van der Waals surface area contributed by atoms with Gasteiger partial charge in [0.25, 0.3) is 0 Å². The third-order valence-electron chi connectivity index (χ3n) is 2.92. The van der Waals surface area contributed by atoms with E-state index in [0.29, 0.717) is 0 Å². The molecule has 0 aliphatic rings. The minimum atomic E-state index is -0.0302. The standard InChI is InChI=1S/C17H18BrClO/c1-12(2)20-16-8-6-14(7-9-16)17(19)11-13-4-3-5-15(18)10-13/h3-10,12,17H,11H2,1-2H3. The van der Waals surface area contributed by atoms with Crippen molar-refractivity contribution in [2.75, 3.05) is 0 Å². The monoisotopic (exact) mass is 352 g/mol. The molecule has 0 radical (unpaired) electrons. The molecule has 0 saturated carbocycles. The molecule has 2 aromatic rings. The second-order valence-corrected chi connectivity index (χ2v) is 6.48. The van der Waals surface area contributed by atoms with Crippen molar-refractivity contribution in [1.82, 2.24) is 0 Å². The van der Waals surface area contributed by atoms with Gasteiger partial charge in [0.2, 0.25) is 0 Å². The van der Waals surface area contributed by atoms with Gasteiger partial charge in [0, 0.05) is 4.47 Å². The minimum absolute atomic E-state index is 0.0302. The Labute approximate surface area is 134 Å². The van der Waals surface area contributed by atoms with Crippen LogP contribution < -0.4 is 4.74 Å². The zero-order valence-corrected chi connectivity index (χ0v) is 14.0. The fraction of sp³-hybridized carbons (Fsp3) is 0.294. The van der Waals surface area contributed by atoms with E-state index in [2.05, 4.69) is 28.1 Å². The van der Waals surface area contributed by atoms with Crippen LogP contribution in [-0.2, 0) is 6.42 Å². The van der Waals surface area contributed by atoms with Gasteiger partial charge in [-0.25, -0.2) is 0 Å². The number of alkyl halides is 1. The lowest BCUT2D eigenvalue weighted by molar-refractivity contribution is 0.242. The molecule has 1 unspecified atom stereocenters. The summed E-state index contributed by atoms with van der Waals surface area (Å²) in [5.74, 6) is 0.884. The van der Waals surface area contributed by atoms with Crippen molar-refractivity contribution in [3.05, 3.63) is 64.1 Å². The Morgan fingerprint density at radius 3 is 2.40 bits per heavy atom. The summed E-state index contributed by atoms with van der Waals surface area (Å²) in [5, 5.41) is -0.0302. The average molecular weight is 354 g/mol. The predicted octanol–water partition coefficient (Wildman–Crippen LogP) is 5.76. The van der Waals surface area contributed by atoms with E-state index in [-0.39, 0.29) is 11.5 Å². The number of rotatable bonds is 5. The quantitative estimate of drug-likeness (QED) is 0.621. The van der Waals surface area contributed by atoms with Crippen LogP contribution in [0, 0.1) is 0 Å². The van der Waals surface area contributed by atoms with Gasteiger partial charge >= 0.3 is 0 Å². The molecule has 106 valence electrons. The van der Waals surface area contributed by atoms with Crippen LogP contribution in [0.25, 0.3) is 0 Å². The van der Waals surface area contributed by atoms with Crippen molar-refractivity contribution < 1.29 is 4.74 Å². The fourth-order valence-electron chi connectivity index (χ4n) is 2.02. The van der Waals surface area contributed by atoms with Crippen molar-refractivity contribution in [3.63, 3.8) is 0 Å². The number of hydrogen-bond donors (Lipinski definition) is 0. The molecule has 1 atom stereocenters. The van der Waals surface area contributed by atoms with Gasteiger partial charge in [0.05, 0.1) is 11.5 Å². The Kier molecular flexibility index (Phi) is 5.50. The number of ether oxygens (including phenoxy) is 1. The van der Waals surface area contributed by atoms with Crippen molar-refractivity contribution in [1.29, 1.82) is 0 Å². The molecule has 0 N–H and O–H groups in total. The van der Waals surface area contributed by atoms with Crippen molar-refractivity contribution in [2.24, 2.45) is 0 Å². The summed E-state index contributed by atoms with van der Waals surface area (Å²) in [6, 6.07) is 16.3. The molecule has 2 rings (SSSR count). The second-order valence-electron chi connectivity index (χ2n) is 5.04. The molecule has 0 spiro atoms. The van der Waals surface area contributed by atoms with Crippen LogP contribution in [0.3, 0.4) is 0 Å². The first-order valence-electron chi connectivity index (χ1n) is 6.69. The van der Waals surface area contributed by atoms with Crippen LogP contribution in [0.2, 0.25) is 0 Å². The van der Waals surface area contributed by atoms with E-state index in [1.165, 1.54) is 5.56 Å². The van der Waals surface area contributed by atoms with Gasteiger partial charge in [0.1, 0.15) is 5.75 Å². The first-order valence-corrected chi connectivity index (χ1v) is 7.92. The van der Waals surface area contributed by atoms with Gasteiger partial charge in [-0.1, -0.05) is 40.2 Å². The minimum Gasteiger partial charge on any atom is -0.491 e. The average Bonchev–Trinajstić information content (AvgIpc) is 2.38. The van der Waals surface area contributed by atoms with Gasteiger partial charge in [0.15, 0.2) is 0 Å². The predicted molar refractivity (Wildman–Crippen MR) is 88.6 cm³/mol. The van der Waals surface area contributed by atoms with Gasteiger partial charge in [-0.3, -0.25) is 0 Å². The van der Waals surface area contributed by atoms with Crippen LogP contribution in [0.4, 0.5) is 0 Å². The molecule has 3 heteroatoms. The summed E-state index contributed by atoms with van der Waals surface area (Å²) < 4.78 is 6.72. The van der Waals surface area contributed by atoms with E-state index < -0.39 is 0 Å². The molecule has 0 bridgehead atoms. The Balaban J connectivity index is 2.03. The maximum atomic E-state index is 6.50. The first-order chi connectivity index (χ1) is 9.54. The highest BCUT2D eigenvalue weighted by Gasteiger charge is 2.09. The third-order valence-corrected chi connectivity index (χ3v) is 3.82. The molecule has 0 aliphatic carbocycles. The fourth-order valence-corrected chi connectivity index (χ4v) is 2.79. The molecule has 0 heterocycles. The summed E-state index contributed by atoms with van der Waals surface area (Å²) in [6.07, 6.45) is 1.00. The van der Waals surface area contributed by atoms with Crippen LogP contribution in [0.15, 0.2) is 53.0 Å². The summed E-state index contributed by atoms with van der Waals surface area (Å²) in [4.78, 5) is 0. The zero-order chi connectivity index (χ0) is 14.5. The van der Waals surface area contributed by atoms with Gasteiger partial charge in [-0.2, -0.15) is 0 Å². The Hall–Kier alpha value is -0.990. The van der Waals surface area contributed by atoms with E-state index in [1.54, 1.807) is 0 Å². The largest absolute Gasteiger partial charge is 0.491 e. The lowest BCUT2D eigenvalue weighted by Gasteiger charge is -2.13. The van der Waals surface area contributed by atoms with Crippen molar-refractivity contribution in [2.45, 2.75) is 31.7 Å². The Bertz CT molecular complexity index is 551. The molecule has 0 saturated heterocycles. The third kappa shape index (κ3) is 4.53. The molecule has 2 aromatic carbocycles. The Morgan fingerprint density at radius 2 is 1.80 bits per heavy atom. The van der Waals surface area contributed by atoms with Crippen molar-refractivity contribution >= 4 is 27.5 Å².